The van der Waals surface area contributed by atoms with E-state index in [0.717, 1.165) is 57.3 Å². The van der Waals surface area contributed by atoms with Crippen LogP contribution in [0.25, 0.3) is 22.2 Å². The van der Waals surface area contributed by atoms with Crippen LogP contribution in [0.5, 0.6) is 0 Å². The Kier molecular flexibility index (Phi) is 3.66. The highest BCUT2D eigenvalue weighted by Crippen LogP contribution is 2.44. The van der Waals surface area contributed by atoms with E-state index in [1.165, 1.54) is 0 Å². The number of rotatable bonds is 4. The van der Waals surface area contributed by atoms with Gasteiger partial charge in [-0.15, -0.1) is 0 Å². The van der Waals surface area contributed by atoms with Crippen molar-refractivity contribution in [2.24, 2.45) is 0 Å². The minimum Gasteiger partial charge on any atom is -0.392 e. The largest absolute Gasteiger partial charge is 0.392 e. The van der Waals surface area contributed by atoms with E-state index in [1.807, 2.05) is 23.1 Å². The fourth-order valence-electron chi connectivity index (χ4n) is 3.11. The lowest BCUT2D eigenvalue weighted by atomic mass is 9.96. The van der Waals surface area contributed by atoms with Crippen molar-refractivity contribution in [3.8, 4) is 11.1 Å². The summed E-state index contributed by atoms with van der Waals surface area (Å²) < 4.78 is 2.83. The van der Waals surface area contributed by atoms with Gasteiger partial charge in [-0.05, 0) is 41.8 Å². The number of nitrogens with zero attached hydrogens (tertiary/aromatic N) is 4. The van der Waals surface area contributed by atoms with Crippen LogP contribution in [0.1, 0.15) is 36.9 Å². The van der Waals surface area contributed by atoms with Gasteiger partial charge in [0, 0.05) is 51.4 Å². The molecule has 5 nitrogen and oxygen atoms in total. The molecule has 1 aliphatic carbocycles. The predicted octanol–water partition coefficient (Wildman–Crippen LogP) is 3.65. The van der Waals surface area contributed by atoms with Gasteiger partial charge in [-0.25, -0.2) is 9.67 Å². The van der Waals surface area contributed by atoms with Gasteiger partial charge in [0.1, 0.15) is 0 Å². The molecule has 0 aromatic carbocycles. The maximum absolute atomic E-state index is 10.0. The molecule has 1 saturated carbocycles. The Morgan fingerprint density at radius 2 is 2.13 bits per heavy atom. The first-order valence-electron chi connectivity index (χ1n) is 7.83. The van der Waals surface area contributed by atoms with Crippen LogP contribution in [-0.4, -0.2) is 24.9 Å². The molecule has 0 aliphatic heterocycles. The standard InChI is InChI=1S/C17H17BrN4O/c1-2-22-17-13(8-20-22)15(11-5-12(18)7-19-6-11)14(9-23)16(21-17)10-3-4-10/h5-8,10,23H,2-4,9H2,1H3. The van der Waals surface area contributed by atoms with E-state index in [-0.39, 0.29) is 6.61 Å². The summed E-state index contributed by atoms with van der Waals surface area (Å²) in [6.45, 7) is 2.81. The second-order valence-electron chi connectivity index (χ2n) is 5.87. The van der Waals surface area contributed by atoms with Crippen LogP contribution in [0.3, 0.4) is 0 Å². The predicted molar refractivity (Wildman–Crippen MR) is 92.0 cm³/mol. The van der Waals surface area contributed by atoms with Gasteiger partial charge in [0.25, 0.3) is 0 Å². The monoisotopic (exact) mass is 372 g/mol. The molecular weight excluding hydrogens is 356 g/mol. The van der Waals surface area contributed by atoms with Gasteiger partial charge in [0.05, 0.1) is 18.5 Å². The van der Waals surface area contributed by atoms with Crippen LogP contribution in [0.4, 0.5) is 0 Å². The van der Waals surface area contributed by atoms with Crippen molar-refractivity contribution in [2.75, 3.05) is 0 Å². The second-order valence-corrected chi connectivity index (χ2v) is 6.79. The molecule has 4 rings (SSSR count). The molecule has 3 aromatic heterocycles. The summed E-state index contributed by atoms with van der Waals surface area (Å²) >= 11 is 3.49. The average molecular weight is 373 g/mol. The van der Waals surface area contributed by atoms with Crippen molar-refractivity contribution in [3.63, 3.8) is 0 Å². The summed E-state index contributed by atoms with van der Waals surface area (Å²) in [5.74, 6) is 0.459. The fraction of sp³-hybridized carbons (Fsp3) is 0.353. The third-order valence-electron chi connectivity index (χ3n) is 4.33. The van der Waals surface area contributed by atoms with Crippen LogP contribution in [0, 0.1) is 0 Å². The third-order valence-corrected chi connectivity index (χ3v) is 4.77. The van der Waals surface area contributed by atoms with E-state index in [4.69, 9.17) is 4.98 Å². The van der Waals surface area contributed by atoms with Gasteiger partial charge < -0.3 is 5.11 Å². The topological polar surface area (TPSA) is 63.8 Å². The molecule has 118 valence electrons. The van der Waals surface area contributed by atoms with Crippen LogP contribution in [0.2, 0.25) is 0 Å². The highest BCUT2D eigenvalue weighted by atomic mass is 79.9. The summed E-state index contributed by atoms with van der Waals surface area (Å²) in [5, 5.41) is 15.5. The Morgan fingerprint density at radius 3 is 2.78 bits per heavy atom. The molecule has 6 heteroatoms. The van der Waals surface area contributed by atoms with Gasteiger partial charge in [0.15, 0.2) is 5.65 Å². The molecule has 1 fully saturated rings. The number of aliphatic hydroxyl groups excluding tert-OH is 1. The van der Waals surface area contributed by atoms with Crippen molar-refractivity contribution in [1.29, 1.82) is 0 Å². The van der Waals surface area contributed by atoms with Crippen molar-refractivity contribution in [1.82, 2.24) is 19.7 Å². The normalized spacial score (nSPS) is 14.6. The minimum absolute atomic E-state index is 0.0199. The summed E-state index contributed by atoms with van der Waals surface area (Å²) in [6.07, 6.45) is 7.72. The zero-order valence-electron chi connectivity index (χ0n) is 12.8. The summed E-state index contributed by atoms with van der Waals surface area (Å²) in [7, 11) is 0. The smallest absolute Gasteiger partial charge is 0.158 e. The number of aryl methyl sites for hydroxylation is 1. The van der Waals surface area contributed by atoms with Gasteiger partial charge in [-0.3, -0.25) is 4.98 Å². The molecule has 0 unspecified atom stereocenters. The number of hydrogen-bond donors (Lipinski definition) is 1. The van der Waals surface area contributed by atoms with E-state index in [9.17, 15) is 5.11 Å². The Hall–Kier alpha value is -1.79. The lowest BCUT2D eigenvalue weighted by Gasteiger charge is -2.14. The third kappa shape index (κ3) is 2.46. The lowest BCUT2D eigenvalue weighted by molar-refractivity contribution is 0.280. The molecule has 3 heterocycles. The summed E-state index contributed by atoms with van der Waals surface area (Å²) in [4.78, 5) is 9.14. The van der Waals surface area contributed by atoms with E-state index in [0.29, 0.717) is 5.92 Å². The molecular formula is C17H17BrN4O. The Morgan fingerprint density at radius 1 is 1.30 bits per heavy atom. The van der Waals surface area contributed by atoms with E-state index in [1.54, 1.807) is 6.20 Å². The zero-order chi connectivity index (χ0) is 16.0. The Labute approximate surface area is 142 Å². The van der Waals surface area contributed by atoms with Crippen LogP contribution in [-0.2, 0) is 13.2 Å². The van der Waals surface area contributed by atoms with E-state index >= 15 is 0 Å². The SMILES string of the molecule is CCn1ncc2c(-c3cncc(Br)c3)c(CO)c(C3CC3)nc21. The molecule has 0 bridgehead atoms. The van der Waals surface area contributed by atoms with E-state index < -0.39 is 0 Å². The average Bonchev–Trinajstić information content (AvgIpc) is 3.33. The summed E-state index contributed by atoms with van der Waals surface area (Å²) in [5.41, 5.74) is 4.81. The molecule has 0 atom stereocenters. The number of fused-ring (bicyclic) bond motifs is 1. The molecule has 3 aromatic rings. The van der Waals surface area contributed by atoms with Gasteiger partial charge in [-0.2, -0.15) is 5.10 Å². The molecule has 0 saturated heterocycles. The zero-order valence-corrected chi connectivity index (χ0v) is 14.4. The number of pyridine rings is 2. The first-order valence-corrected chi connectivity index (χ1v) is 8.62. The van der Waals surface area contributed by atoms with Crippen molar-refractivity contribution in [2.45, 2.75) is 38.8 Å². The van der Waals surface area contributed by atoms with E-state index in [2.05, 4.69) is 32.9 Å². The highest BCUT2D eigenvalue weighted by Gasteiger charge is 2.30. The van der Waals surface area contributed by atoms with Crippen molar-refractivity contribution < 1.29 is 5.11 Å². The van der Waals surface area contributed by atoms with Gasteiger partial charge in [-0.1, -0.05) is 0 Å². The van der Waals surface area contributed by atoms with Crippen LogP contribution in [0.15, 0.2) is 29.1 Å². The fourth-order valence-corrected chi connectivity index (χ4v) is 3.47. The molecule has 1 N–H and O–H groups in total. The molecule has 0 amide bonds. The maximum atomic E-state index is 10.0. The molecule has 0 spiro atoms. The van der Waals surface area contributed by atoms with Crippen LogP contribution >= 0.6 is 15.9 Å². The Balaban J connectivity index is 2.08. The summed E-state index contributed by atoms with van der Waals surface area (Å²) in [6, 6.07) is 2.03. The van der Waals surface area contributed by atoms with Crippen LogP contribution < -0.4 is 0 Å². The quantitative estimate of drug-likeness (QED) is 0.758. The maximum Gasteiger partial charge on any atom is 0.158 e. The van der Waals surface area contributed by atoms with Gasteiger partial charge >= 0.3 is 0 Å². The number of aliphatic hydroxyl groups is 1. The molecule has 1 aliphatic rings. The number of aromatic nitrogens is 4. The second kappa shape index (κ2) is 5.69. The highest BCUT2D eigenvalue weighted by molar-refractivity contribution is 9.10. The first kappa shape index (κ1) is 14.8. The van der Waals surface area contributed by atoms with Gasteiger partial charge in [0.2, 0.25) is 0 Å². The van der Waals surface area contributed by atoms with Crippen molar-refractivity contribution in [3.05, 3.63) is 40.4 Å². The number of hydrogen-bond acceptors (Lipinski definition) is 4. The first-order chi connectivity index (χ1) is 11.2. The number of halogens is 1. The molecule has 0 radical (unpaired) electrons. The lowest BCUT2D eigenvalue weighted by Crippen LogP contribution is -2.04. The van der Waals surface area contributed by atoms with Crippen molar-refractivity contribution >= 4 is 27.0 Å². The molecule has 23 heavy (non-hydrogen) atoms. The Bertz CT molecular complexity index is 886. The minimum atomic E-state index is -0.0199.